The maximum Gasteiger partial charge on any atom is 0.368 e. The normalized spacial score (nSPS) is 13.7. The molecule has 2 atom stereocenters. The van der Waals surface area contributed by atoms with E-state index >= 15 is 0 Å². The van der Waals surface area contributed by atoms with Gasteiger partial charge in [0.1, 0.15) is 17.8 Å². The van der Waals surface area contributed by atoms with Crippen molar-refractivity contribution in [1.82, 2.24) is 4.73 Å². The molecule has 0 amide bonds. The molecule has 172 valence electrons. The number of hydrogen-bond donors (Lipinski definition) is 6. The Balaban J connectivity index is 2.04. The van der Waals surface area contributed by atoms with Crippen LogP contribution in [0.2, 0.25) is 0 Å². The van der Waals surface area contributed by atoms with Crippen LogP contribution in [0, 0.1) is 10.8 Å². The molecule has 0 bridgehead atoms. The van der Waals surface area contributed by atoms with Crippen molar-refractivity contribution < 1.29 is 29.4 Å². The van der Waals surface area contributed by atoms with Gasteiger partial charge in [0.25, 0.3) is 0 Å². The molecule has 0 saturated carbocycles. The standard InChI is InChI=1S/C22H23N5O6/c1-11(28)20(29)32-17-10-12-5-3-4-6-16(12)27(17)33-21(30)22(2,31)15-8-7-13(18(23)24)9-14(15)19(25)26/h3-11,28,31H,1-2H3,(H3,23,24)(H3,25,26). The average Bonchev–Trinajstić information content (AvgIpc) is 3.09. The fourth-order valence-electron chi connectivity index (χ4n) is 3.10. The molecule has 2 aromatic carbocycles. The van der Waals surface area contributed by atoms with Gasteiger partial charge < -0.3 is 31.3 Å². The fraction of sp³-hybridized carbons (Fsp3) is 0.182. The number of carbonyl (C=O) groups excluding carboxylic acids is 2. The number of esters is 1. The number of hydrogen-bond acceptors (Lipinski definition) is 8. The number of aliphatic hydroxyl groups is 2. The zero-order chi connectivity index (χ0) is 24.5. The first-order valence-electron chi connectivity index (χ1n) is 9.72. The molecule has 0 aliphatic rings. The summed E-state index contributed by atoms with van der Waals surface area (Å²) in [6.07, 6.45) is -1.42. The first-order valence-corrected chi connectivity index (χ1v) is 9.72. The number of amidine groups is 2. The van der Waals surface area contributed by atoms with E-state index < -0.39 is 29.5 Å². The molecule has 11 heteroatoms. The van der Waals surface area contributed by atoms with Crippen molar-refractivity contribution >= 4 is 34.5 Å². The zero-order valence-electron chi connectivity index (χ0n) is 17.8. The van der Waals surface area contributed by atoms with Crippen LogP contribution in [0.3, 0.4) is 0 Å². The lowest BCUT2D eigenvalue weighted by Crippen LogP contribution is -2.41. The van der Waals surface area contributed by atoms with Gasteiger partial charge in [0.2, 0.25) is 5.88 Å². The van der Waals surface area contributed by atoms with Crippen LogP contribution in [0.15, 0.2) is 48.5 Å². The summed E-state index contributed by atoms with van der Waals surface area (Å²) >= 11 is 0. The first kappa shape index (κ1) is 23.4. The Labute approximate surface area is 188 Å². The van der Waals surface area contributed by atoms with Crippen LogP contribution in [0.1, 0.15) is 30.5 Å². The summed E-state index contributed by atoms with van der Waals surface area (Å²) in [5.74, 6) is -3.07. The van der Waals surface area contributed by atoms with Crippen LogP contribution in [0.5, 0.6) is 5.88 Å². The second-order valence-corrected chi connectivity index (χ2v) is 7.47. The van der Waals surface area contributed by atoms with E-state index in [0.717, 1.165) is 11.7 Å². The number of nitrogens with two attached hydrogens (primary N) is 2. The van der Waals surface area contributed by atoms with Gasteiger partial charge in [0, 0.05) is 28.1 Å². The lowest BCUT2D eigenvalue weighted by molar-refractivity contribution is -0.166. The van der Waals surface area contributed by atoms with Crippen molar-refractivity contribution in [2.75, 3.05) is 0 Å². The van der Waals surface area contributed by atoms with Crippen LogP contribution in [0.4, 0.5) is 0 Å². The maximum absolute atomic E-state index is 13.1. The number of ether oxygens (including phenoxy) is 1. The predicted octanol–water partition coefficient (Wildman–Crippen LogP) is 0.359. The van der Waals surface area contributed by atoms with Crippen molar-refractivity contribution in [3.05, 3.63) is 65.2 Å². The van der Waals surface area contributed by atoms with Crippen molar-refractivity contribution in [3.63, 3.8) is 0 Å². The van der Waals surface area contributed by atoms with E-state index in [1.165, 1.54) is 31.2 Å². The number of aliphatic hydroxyl groups excluding tert-OH is 1. The number of nitrogens with one attached hydrogen (secondary N) is 2. The van der Waals surface area contributed by atoms with Gasteiger partial charge in [-0.1, -0.05) is 30.3 Å². The van der Waals surface area contributed by atoms with Gasteiger partial charge >= 0.3 is 11.9 Å². The number of aromatic nitrogens is 1. The lowest BCUT2D eigenvalue weighted by atomic mass is 9.89. The van der Waals surface area contributed by atoms with E-state index in [1.54, 1.807) is 24.3 Å². The Morgan fingerprint density at radius 2 is 1.76 bits per heavy atom. The molecule has 0 saturated heterocycles. The third-order valence-corrected chi connectivity index (χ3v) is 4.90. The summed E-state index contributed by atoms with van der Waals surface area (Å²) in [7, 11) is 0. The highest BCUT2D eigenvalue weighted by Gasteiger charge is 2.38. The molecule has 0 spiro atoms. The summed E-state index contributed by atoms with van der Waals surface area (Å²) in [5.41, 5.74) is 9.34. The molecule has 3 aromatic rings. The molecule has 33 heavy (non-hydrogen) atoms. The number of nitrogen functional groups attached to an aromatic ring is 2. The maximum atomic E-state index is 13.1. The topological polar surface area (TPSA) is 198 Å². The quantitative estimate of drug-likeness (QED) is 0.167. The smallest absolute Gasteiger partial charge is 0.368 e. The van der Waals surface area contributed by atoms with Crippen LogP contribution >= 0.6 is 0 Å². The van der Waals surface area contributed by atoms with Gasteiger partial charge in [0.15, 0.2) is 5.60 Å². The molecule has 8 N–H and O–H groups in total. The van der Waals surface area contributed by atoms with Gasteiger partial charge in [-0.05, 0) is 26.0 Å². The monoisotopic (exact) mass is 453 g/mol. The van der Waals surface area contributed by atoms with E-state index in [9.17, 15) is 19.8 Å². The molecular formula is C22H23N5O6. The number of rotatable bonds is 7. The number of carbonyl (C=O) groups is 2. The minimum Gasteiger partial charge on any atom is -0.404 e. The third-order valence-electron chi connectivity index (χ3n) is 4.90. The van der Waals surface area contributed by atoms with Crippen LogP contribution in [0.25, 0.3) is 10.9 Å². The van der Waals surface area contributed by atoms with Crippen molar-refractivity contribution in [3.8, 4) is 5.88 Å². The van der Waals surface area contributed by atoms with Crippen LogP contribution < -0.4 is 21.0 Å². The molecule has 0 fully saturated rings. The number of para-hydroxylation sites is 1. The van der Waals surface area contributed by atoms with Gasteiger partial charge in [-0.25, -0.2) is 9.59 Å². The number of benzene rings is 2. The van der Waals surface area contributed by atoms with Gasteiger partial charge in [-0.2, -0.15) is 0 Å². The van der Waals surface area contributed by atoms with Crippen LogP contribution in [-0.2, 0) is 15.2 Å². The van der Waals surface area contributed by atoms with Crippen molar-refractivity contribution in [1.29, 1.82) is 10.8 Å². The summed E-state index contributed by atoms with van der Waals surface area (Å²) in [5, 5.41) is 36.5. The molecule has 1 aromatic heterocycles. The molecule has 1 heterocycles. The molecule has 0 aliphatic heterocycles. The summed E-state index contributed by atoms with van der Waals surface area (Å²) in [4.78, 5) is 30.4. The second kappa shape index (κ2) is 8.73. The SMILES string of the molecule is CC(O)C(=O)Oc1cc2ccccc2n1OC(=O)C(C)(O)c1ccc(C(=N)N)cc1C(=N)N. The molecule has 0 radical (unpaired) electrons. The van der Waals surface area contributed by atoms with Gasteiger partial charge in [-0.3, -0.25) is 10.8 Å². The Bertz CT molecular complexity index is 1280. The number of nitrogens with zero attached hydrogens (tertiary/aromatic N) is 1. The zero-order valence-corrected chi connectivity index (χ0v) is 17.8. The minimum absolute atomic E-state index is 0.0113. The van der Waals surface area contributed by atoms with Gasteiger partial charge in [0.05, 0.1) is 5.52 Å². The Kier molecular flexibility index (Phi) is 6.20. The van der Waals surface area contributed by atoms with Crippen molar-refractivity contribution in [2.45, 2.75) is 25.6 Å². The first-order chi connectivity index (χ1) is 15.4. The fourth-order valence-corrected chi connectivity index (χ4v) is 3.10. The third kappa shape index (κ3) is 4.54. The van der Waals surface area contributed by atoms with E-state index in [4.69, 9.17) is 31.9 Å². The summed E-state index contributed by atoms with van der Waals surface area (Å²) in [6.45, 7) is 2.37. The Morgan fingerprint density at radius 3 is 2.36 bits per heavy atom. The molecule has 2 unspecified atom stereocenters. The summed E-state index contributed by atoms with van der Waals surface area (Å²) < 4.78 is 6.06. The molecular weight excluding hydrogens is 430 g/mol. The Morgan fingerprint density at radius 1 is 1.09 bits per heavy atom. The lowest BCUT2D eigenvalue weighted by Gasteiger charge is -2.25. The predicted molar refractivity (Wildman–Crippen MR) is 119 cm³/mol. The minimum atomic E-state index is -2.30. The highest BCUT2D eigenvalue weighted by atomic mass is 16.7. The van der Waals surface area contributed by atoms with E-state index in [-0.39, 0.29) is 28.4 Å². The highest BCUT2D eigenvalue weighted by Crippen LogP contribution is 2.29. The highest BCUT2D eigenvalue weighted by molar-refractivity contribution is 6.02. The average molecular weight is 453 g/mol. The summed E-state index contributed by atoms with van der Waals surface area (Å²) in [6, 6.07) is 12.1. The van der Waals surface area contributed by atoms with Crippen LogP contribution in [-0.4, -0.2) is 44.7 Å². The van der Waals surface area contributed by atoms with Crippen molar-refractivity contribution in [2.24, 2.45) is 11.5 Å². The Hall–Kier alpha value is -4.22. The molecule has 0 aliphatic carbocycles. The number of fused-ring (bicyclic) bond motifs is 1. The van der Waals surface area contributed by atoms with E-state index in [0.29, 0.717) is 10.9 Å². The van der Waals surface area contributed by atoms with Gasteiger partial charge in [-0.15, -0.1) is 4.73 Å². The second-order valence-electron chi connectivity index (χ2n) is 7.47. The molecule has 11 nitrogen and oxygen atoms in total. The largest absolute Gasteiger partial charge is 0.404 e. The van der Waals surface area contributed by atoms with E-state index in [2.05, 4.69) is 0 Å². The van der Waals surface area contributed by atoms with E-state index in [1.807, 2.05) is 0 Å². The molecule has 3 rings (SSSR count).